The molecule has 2 aliphatic heterocycles. The third-order valence-corrected chi connectivity index (χ3v) is 4.21. The molecule has 0 spiro atoms. The number of amides is 2. The van der Waals surface area contributed by atoms with Gasteiger partial charge in [0.15, 0.2) is 0 Å². The standard InChI is InChI=1S/C14H25N3O2/c1-13-3-2-5-17(11-13)14(19)4-6-15-7-9-16(12-18)10-8-15/h12-13H,2-11H2,1H3. The predicted molar refractivity (Wildman–Crippen MR) is 73.7 cm³/mol. The van der Waals surface area contributed by atoms with Gasteiger partial charge in [-0.15, -0.1) is 0 Å². The molecule has 5 nitrogen and oxygen atoms in total. The average Bonchev–Trinajstić information content (AvgIpc) is 2.45. The zero-order valence-corrected chi connectivity index (χ0v) is 11.9. The Balaban J connectivity index is 1.67. The summed E-state index contributed by atoms with van der Waals surface area (Å²) in [6, 6.07) is 0. The van der Waals surface area contributed by atoms with Crippen LogP contribution in [0.25, 0.3) is 0 Å². The molecule has 2 fully saturated rings. The Labute approximate surface area is 115 Å². The number of hydrogen-bond donors (Lipinski definition) is 0. The average molecular weight is 267 g/mol. The van der Waals surface area contributed by atoms with Gasteiger partial charge in [-0.05, 0) is 18.8 Å². The van der Waals surface area contributed by atoms with Gasteiger partial charge >= 0.3 is 0 Å². The fourth-order valence-corrected chi connectivity index (χ4v) is 2.92. The SMILES string of the molecule is CC1CCCN(C(=O)CCN2CCN(C=O)CC2)C1. The zero-order chi connectivity index (χ0) is 13.7. The van der Waals surface area contributed by atoms with Crippen molar-refractivity contribution in [3.8, 4) is 0 Å². The first kappa shape index (κ1) is 14.3. The van der Waals surface area contributed by atoms with Crippen LogP contribution >= 0.6 is 0 Å². The summed E-state index contributed by atoms with van der Waals surface area (Å²) in [5, 5.41) is 0. The highest BCUT2D eigenvalue weighted by atomic mass is 16.2. The van der Waals surface area contributed by atoms with Gasteiger partial charge in [-0.3, -0.25) is 14.5 Å². The van der Waals surface area contributed by atoms with E-state index in [-0.39, 0.29) is 0 Å². The molecule has 0 saturated carbocycles. The van der Waals surface area contributed by atoms with Crippen molar-refractivity contribution in [2.24, 2.45) is 5.92 Å². The molecule has 0 radical (unpaired) electrons. The van der Waals surface area contributed by atoms with Crippen molar-refractivity contribution >= 4 is 12.3 Å². The predicted octanol–water partition coefficient (Wildman–Crippen LogP) is 0.409. The van der Waals surface area contributed by atoms with Crippen LogP contribution in [-0.2, 0) is 9.59 Å². The molecule has 2 rings (SSSR count). The molecule has 0 N–H and O–H groups in total. The summed E-state index contributed by atoms with van der Waals surface area (Å²) in [5.74, 6) is 0.943. The fourth-order valence-electron chi connectivity index (χ4n) is 2.92. The summed E-state index contributed by atoms with van der Waals surface area (Å²) in [6.07, 6.45) is 3.92. The van der Waals surface area contributed by atoms with Gasteiger partial charge in [-0.1, -0.05) is 6.92 Å². The topological polar surface area (TPSA) is 43.9 Å². The van der Waals surface area contributed by atoms with Gasteiger partial charge in [0, 0.05) is 52.2 Å². The van der Waals surface area contributed by atoms with Crippen molar-refractivity contribution in [1.82, 2.24) is 14.7 Å². The first-order valence-electron chi connectivity index (χ1n) is 7.38. The van der Waals surface area contributed by atoms with Crippen molar-refractivity contribution in [3.63, 3.8) is 0 Å². The molecule has 19 heavy (non-hydrogen) atoms. The van der Waals surface area contributed by atoms with Crippen LogP contribution in [0, 0.1) is 5.92 Å². The van der Waals surface area contributed by atoms with Gasteiger partial charge in [-0.2, -0.15) is 0 Å². The molecule has 0 aromatic rings. The largest absolute Gasteiger partial charge is 0.343 e. The first-order chi connectivity index (χ1) is 9.19. The van der Waals surface area contributed by atoms with Crippen LogP contribution in [0.15, 0.2) is 0 Å². The fraction of sp³-hybridized carbons (Fsp3) is 0.857. The molecule has 0 bridgehead atoms. The second-order valence-electron chi connectivity index (χ2n) is 5.82. The monoisotopic (exact) mass is 267 g/mol. The van der Waals surface area contributed by atoms with E-state index in [0.29, 0.717) is 18.2 Å². The summed E-state index contributed by atoms with van der Waals surface area (Å²) in [5.41, 5.74) is 0. The van der Waals surface area contributed by atoms with Crippen LogP contribution in [0.5, 0.6) is 0 Å². The van der Waals surface area contributed by atoms with Gasteiger partial charge in [0.2, 0.25) is 12.3 Å². The van der Waals surface area contributed by atoms with E-state index in [1.165, 1.54) is 6.42 Å². The van der Waals surface area contributed by atoms with Gasteiger partial charge in [0.05, 0.1) is 0 Å². The highest BCUT2D eigenvalue weighted by Gasteiger charge is 2.22. The second-order valence-corrected chi connectivity index (χ2v) is 5.82. The number of likely N-dealkylation sites (tertiary alicyclic amines) is 1. The minimum atomic E-state index is 0.296. The smallest absolute Gasteiger partial charge is 0.223 e. The third-order valence-electron chi connectivity index (χ3n) is 4.21. The summed E-state index contributed by atoms with van der Waals surface area (Å²) in [4.78, 5) is 28.9. The van der Waals surface area contributed by atoms with Gasteiger partial charge in [0.25, 0.3) is 0 Å². The van der Waals surface area contributed by atoms with E-state index in [4.69, 9.17) is 0 Å². The molecule has 2 saturated heterocycles. The van der Waals surface area contributed by atoms with E-state index in [1.54, 1.807) is 4.90 Å². The normalized spacial score (nSPS) is 25.4. The van der Waals surface area contributed by atoms with Crippen molar-refractivity contribution < 1.29 is 9.59 Å². The lowest BCUT2D eigenvalue weighted by Crippen LogP contribution is -2.47. The Morgan fingerprint density at radius 1 is 1.21 bits per heavy atom. The van der Waals surface area contributed by atoms with E-state index in [1.807, 2.05) is 4.90 Å². The first-order valence-corrected chi connectivity index (χ1v) is 7.38. The number of rotatable bonds is 4. The number of piperazine rings is 1. The maximum atomic E-state index is 12.1. The summed E-state index contributed by atoms with van der Waals surface area (Å²) in [7, 11) is 0. The number of piperidine rings is 1. The third kappa shape index (κ3) is 4.20. The Morgan fingerprint density at radius 3 is 2.58 bits per heavy atom. The van der Waals surface area contributed by atoms with Crippen LogP contribution < -0.4 is 0 Å². The van der Waals surface area contributed by atoms with Gasteiger partial charge < -0.3 is 9.80 Å². The Kier molecular flexibility index (Phi) is 5.19. The van der Waals surface area contributed by atoms with Crippen LogP contribution in [0.4, 0.5) is 0 Å². The number of nitrogens with zero attached hydrogens (tertiary/aromatic N) is 3. The van der Waals surface area contributed by atoms with E-state index < -0.39 is 0 Å². The summed E-state index contributed by atoms with van der Waals surface area (Å²) < 4.78 is 0. The second kappa shape index (κ2) is 6.89. The molecule has 0 aromatic carbocycles. The summed E-state index contributed by atoms with van der Waals surface area (Å²) >= 11 is 0. The lowest BCUT2D eigenvalue weighted by atomic mass is 10.00. The molecule has 0 aromatic heterocycles. The molecule has 0 aliphatic carbocycles. The van der Waals surface area contributed by atoms with Crippen LogP contribution in [0.3, 0.4) is 0 Å². The number of carbonyl (C=O) groups is 2. The van der Waals surface area contributed by atoms with Crippen LogP contribution in [0.1, 0.15) is 26.2 Å². The minimum Gasteiger partial charge on any atom is -0.343 e. The van der Waals surface area contributed by atoms with Crippen molar-refractivity contribution in [1.29, 1.82) is 0 Å². The zero-order valence-electron chi connectivity index (χ0n) is 11.9. The lowest BCUT2D eigenvalue weighted by molar-refractivity contribution is -0.133. The highest BCUT2D eigenvalue weighted by molar-refractivity contribution is 5.76. The lowest BCUT2D eigenvalue weighted by Gasteiger charge is -2.34. The number of hydrogen-bond acceptors (Lipinski definition) is 3. The highest BCUT2D eigenvalue weighted by Crippen LogP contribution is 2.16. The van der Waals surface area contributed by atoms with Gasteiger partial charge in [-0.25, -0.2) is 0 Å². The minimum absolute atomic E-state index is 0.296. The van der Waals surface area contributed by atoms with Crippen molar-refractivity contribution in [2.45, 2.75) is 26.2 Å². The van der Waals surface area contributed by atoms with E-state index in [2.05, 4.69) is 11.8 Å². The van der Waals surface area contributed by atoms with Crippen LogP contribution in [-0.4, -0.2) is 72.8 Å². The van der Waals surface area contributed by atoms with E-state index >= 15 is 0 Å². The maximum Gasteiger partial charge on any atom is 0.223 e. The van der Waals surface area contributed by atoms with E-state index in [0.717, 1.165) is 58.6 Å². The molecule has 108 valence electrons. The molecule has 2 heterocycles. The van der Waals surface area contributed by atoms with E-state index in [9.17, 15) is 9.59 Å². The van der Waals surface area contributed by atoms with Crippen molar-refractivity contribution in [2.75, 3.05) is 45.8 Å². The Morgan fingerprint density at radius 2 is 1.95 bits per heavy atom. The summed E-state index contributed by atoms with van der Waals surface area (Å²) in [6.45, 7) is 8.27. The van der Waals surface area contributed by atoms with Gasteiger partial charge in [0.1, 0.15) is 0 Å². The molecule has 2 amide bonds. The molecule has 1 atom stereocenters. The van der Waals surface area contributed by atoms with Crippen molar-refractivity contribution in [3.05, 3.63) is 0 Å². The quantitative estimate of drug-likeness (QED) is 0.693. The number of carbonyl (C=O) groups excluding carboxylic acids is 2. The molecule has 1 unspecified atom stereocenters. The molecular weight excluding hydrogens is 242 g/mol. The Bertz CT molecular complexity index is 314. The Hall–Kier alpha value is -1.10. The van der Waals surface area contributed by atoms with Crippen LogP contribution in [0.2, 0.25) is 0 Å². The molecule has 5 heteroatoms. The maximum absolute atomic E-state index is 12.1. The molecular formula is C14H25N3O2. The molecule has 2 aliphatic rings.